The molecule has 0 radical (unpaired) electrons. The summed E-state index contributed by atoms with van der Waals surface area (Å²) in [6, 6.07) is 9.61. The Kier molecular flexibility index (Phi) is 5.92. The molecule has 3 heterocycles. The molecule has 0 bridgehead atoms. The molecule has 0 unspecified atom stereocenters. The van der Waals surface area contributed by atoms with Gasteiger partial charge in [0.2, 0.25) is 5.91 Å². The number of amides is 1. The van der Waals surface area contributed by atoms with Crippen LogP contribution in [0.3, 0.4) is 0 Å². The van der Waals surface area contributed by atoms with E-state index in [2.05, 4.69) is 26.1 Å². The van der Waals surface area contributed by atoms with E-state index >= 15 is 0 Å². The second-order valence-electron chi connectivity index (χ2n) is 7.01. The summed E-state index contributed by atoms with van der Waals surface area (Å²) in [5.74, 6) is 1.01. The lowest BCUT2D eigenvalue weighted by molar-refractivity contribution is -0.130. The molecule has 7 nitrogen and oxygen atoms in total. The van der Waals surface area contributed by atoms with Gasteiger partial charge in [-0.3, -0.25) is 4.79 Å². The van der Waals surface area contributed by atoms with E-state index in [0.717, 1.165) is 56.5 Å². The van der Waals surface area contributed by atoms with E-state index in [1.54, 1.807) is 6.20 Å². The van der Waals surface area contributed by atoms with Gasteiger partial charge in [0.25, 0.3) is 0 Å². The van der Waals surface area contributed by atoms with E-state index in [0.29, 0.717) is 24.5 Å². The predicted molar refractivity (Wildman–Crippen MR) is 109 cm³/mol. The summed E-state index contributed by atoms with van der Waals surface area (Å²) in [4.78, 5) is 19.0. The van der Waals surface area contributed by atoms with Gasteiger partial charge in [0.1, 0.15) is 0 Å². The van der Waals surface area contributed by atoms with Crippen molar-refractivity contribution in [1.82, 2.24) is 15.1 Å². The molecule has 0 aliphatic carbocycles. The Bertz CT molecular complexity index is 820. The van der Waals surface area contributed by atoms with Crippen LogP contribution < -0.4 is 9.80 Å². The van der Waals surface area contributed by atoms with Crippen molar-refractivity contribution < 1.29 is 9.53 Å². The molecule has 2 aromatic rings. The molecule has 2 saturated heterocycles. The van der Waals surface area contributed by atoms with Crippen molar-refractivity contribution in [3.63, 3.8) is 0 Å². The minimum atomic E-state index is 0.120. The van der Waals surface area contributed by atoms with Gasteiger partial charge in [-0.15, -0.1) is 5.10 Å². The van der Waals surface area contributed by atoms with E-state index in [9.17, 15) is 4.79 Å². The first-order valence-electron chi connectivity index (χ1n) is 9.62. The van der Waals surface area contributed by atoms with Gasteiger partial charge in [-0.25, -0.2) is 0 Å². The largest absolute Gasteiger partial charge is 0.378 e. The van der Waals surface area contributed by atoms with Crippen LogP contribution in [0.2, 0.25) is 5.02 Å². The molecule has 0 atom stereocenters. The summed E-state index contributed by atoms with van der Waals surface area (Å²) < 4.78 is 5.41. The molecule has 8 heteroatoms. The minimum Gasteiger partial charge on any atom is -0.378 e. The molecule has 1 amide bonds. The molecule has 2 aliphatic heterocycles. The smallest absolute Gasteiger partial charge is 0.227 e. The van der Waals surface area contributed by atoms with Gasteiger partial charge >= 0.3 is 0 Å². The average molecular weight is 402 g/mol. The fourth-order valence-electron chi connectivity index (χ4n) is 3.60. The third-order valence-corrected chi connectivity index (χ3v) is 5.63. The minimum absolute atomic E-state index is 0.120. The topological polar surface area (TPSA) is 61.8 Å². The highest BCUT2D eigenvalue weighted by Gasteiger charge is 2.23. The van der Waals surface area contributed by atoms with E-state index in [4.69, 9.17) is 16.3 Å². The molecule has 28 heavy (non-hydrogen) atoms. The zero-order valence-electron chi connectivity index (χ0n) is 15.8. The second kappa shape index (κ2) is 8.75. The van der Waals surface area contributed by atoms with Crippen molar-refractivity contribution in [2.24, 2.45) is 0 Å². The number of piperazine rings is 1. The Labute approximate surface area is 169 Å². The second-order valence-corrected chi connectivity index (χ2v) is 7.41. The van der Waals surface area contributed by atoms with E-state index < -0.39 is 0 Å². The van der Waals surface area contributed by atoms with Gasteiger partial charge in [-0.1, -0.05) is 29.8 Å². The molecule has 0 N–H and O–H groups in total. The fraction of sp³-hybridized carbons (Fsp3) is 0.450. The summed E-state index contributed by atoms with van der Waals surface area (Å²) in [5.41, 5.74) is 1.93. The standard InChI is InChI=1S/C20H24ClN5O2/c21-18-4-2-1-3-16(18)13-20(27)26-7-5-24(6-8-26)17-14-19(23-22-15-17)25-9-11-28-12-10-25/h1-4,14-15H,5-13H2. The molecule has 4 rings (SSSR count). The van der Waals surface area contributed by atoms with Crippen LogP contribution in [0.15, 0.2) is 36.5 Å². The van der Waals surface area contributed by atoms with Crippen molar-refractivity contribution in [3.8, 4) is 0 Å². The SMILES string of the molecule is O=C(Cc1ccccc1Cl)N1CCN(c2cnnc(N3CCOCC3)c2)CC1. The monoisotopic (exact) mass is 401 g/mol. The highest BCUT2D eigenvalue weighted by Crippen LogP contribution is 2.22. The molecule has 2 aliphatic rings. The number of carbonyl (C=O) groups excluding carboxylic acids is 1. The number of hydrogen-bond acceptors (Lipinski definition) is 6. The molecule has 2 fully saturated rings. The number of benzene rings is 1. The van der Waals surface area contributed by atoms with E-state index in [1.165, 1.54) is 0 Å². The third-order valence-electron chi connectivity index (χ3n) is 5.26. The summed E-state index contributed by atoms with van der Waals surface area (Å²) >= 11 is 6.19. The first kappa shape index (κ1) is 19.0. The maximum absolute atomic E-state index is 12.6. The van der Waals surface area contributed by atoms with Gasteiger partial charge in [-0.2, -0.15) is 5.10 Å². The van der Waals surface area contributed by atoms with Crippen LogP contribution in [0.1, 0.15) is 5.56 Å². The molecular weight excluding hydrogens is 378 g/mol. The lowest BCUT2D eigenvalue weighted by atomic mass is 10.1. The van der Waals surface area contributed by atoms with Crippen molar-refractivity contribution in [2.75, 3.05) is 62.3 Å². The molecule has 0 spiro atoms. The normalized spacial score (nSPS) is 17.7. The summed E-state index contributed by atoms with van der Waals surface area (Å²) in [7, 11) is 0. The maximum Gasteiger partial charge on any atom is 0.227 e. The quantitative estimate of drug-likeness (QED) is 0.779. The molecule has 1 aromatic heterocycles. The molecular formula is C20H24ClN5O2. The zero-order valence-corrected chi connectivity index (χ0v) is 16.5. The zero-order chi connectivity index (χ0) is 19.3. The average Bonchev–Trinajstić information content (AvgIpc) is 2.76. The van der Waals surface area contributed by atoms with Crippen LogP contribution in [0.5, 0.6) is 0 Å². The van der Waals surface area contributed by atoms with Gasteiger partial charge in [0.15, 0.2) is 5.82 Å². The maximum atomic E-state index is 12.6. The van der Waals surface area contributed by atoms with Crippen LogP contribution in [-0.4, -0.2) is 73.5 Å². The number of halogens is 1. The summed E-state index contributed by atoms with van der Waals surface area (Å²) in [6.07, 6.45) is 2.14. The Morgan fingerprint density at radius 1 is 1.04 bits per heavy atom. The van der Waals surface area contributed by atoms with E-state index in [1.807, 2.05) is 29.2 Å². The molecule has 1 aromatic carbocycles. The highest BCUT2D eigenvalue weighted by atomic mass is 35.5. The Hall–Kier alpha value is -2.38. The Balaban J connectivity index is 1.35. The van der Waals surface area contributed by atoms with Crippen LogP contribution in [-0.2, 0) is 16.0 Å². The number of hydrogen-bond donors (Lipinski definition) is 0. The number of rotatable bonds is 4. The Morgan fingerprint density at radius 2 is 1.79 bits per heavy atom. The number of carbonyl (C=O) groups is 1. The first-order chi connectivity index (χ1) is 13.7. The number of aromatic nitrogens is 2. The van der Waals surface area contributed by atoms with Gasteiger partial charge in [0.05, 0.1) is 31.5 Å². The van der Waals surface area contributed by atoms with Crippen molar-refractivity contribution in [3.05, 3.63) is 47.1 Å². The number of morpholine rings is 1. The highest BCUT2D eigenvalue weighted by molar-refractivity contribution is 6.31. The number of ether oxygens (including phenoxy) is 1. The fourth-order valence-corrected chi connectivity index (χ4v) is 3.80. The van der Waals surface area contributed by atoms with E-state index in [-0.39, 0.29) is 5.91 Å². The lowest BCUT2D eigenvalue weighted by Crippen LogP contribution is -2.49. The number of nitrogens with zero attached hydrogens (tertiary/aromatic N) is 5. The number of anilines is 2. The van der Waals surface area contributed by atoms with Crippen LogP contribution in [0.25, 0.3) is 0 Å². The summed E-state index contributed by atoms with van der Waals surface area (Å²) in [6.45, 7) is 6.06. The molecule has 0 saturated carbocycles. The van der Waals surface area contributed by atoms with Crippen molar-refractivity contribution >= 4 is 29.0 Å². The predicted octanol–water partition coefficient (Wildman–Crippen LogP) is 1.86. The molecule has 148 valence electrons. The van der Waals surface area contributed by atoms with Gasteiger partial charge < -0.3 is 19.4 Å². The third kappa shape index (κ3) is 4.36. The van der Waals surface area contributed by atoms with Crippen LogP contribution in [0, 0.1) is 0 Å². The van der Waals surface area contributed by atoms with Crippen LogP contribution >= 0.6 is 11.6 Å². The van der Waals surface area contributed by atoms with Crippen molar-refractivity contribution in [1.29, 1.82) is 0 Å². The van der Waals surface area contributed by atoms with Crippen LogP contribution in [0.4, 0.5) is 11.5 Å². The van der Waals surface area contributed by atoms with Gasteiger partial charge in [-0.05, 0) is 11.6 Å². The lowest BCUT2D eigenvalue weighted by Gasteiger charge is -2.36. The summed E-state index contributed by atoms with van der Waals surface area (Å²) in [5, 5.41) is 9.10. The Morgan fingerprint density at radius 3 is 2.54 bits per heavy atom. The first-order valence-corrected chi connectivity index (χ1v) is 10.00. The van der Waals surface area contributed by atoms with Crippen molar-refractivity contribution in [2.45, 2.75) is 6.42 Å². The van der Waals surface area contributed by atoms with Gasteiger partial charge in [0, 0.05) is 50.4 Å².